The zero-order valence-corrected chi connectivity index (χ0v) is 19.2. The molecule has 172 valence electrons. The summed E-state index contributed by atoms with van der Waals surface area (Å²) < 4.78 is 1.50. The molecule has 1 aromatic heterocycles. The fourth-order valence-corrected chi connectivity index (χ4v) is 4.58. The minimum atomic E-state index is -1.07. The summed E-state index contributed by atoms with van der Waals surface area (Å²) in [5, 5.41) is 11.3. The standard InChI is InChI=1S/C27H31N3O3/c1-20(22-9-5-3-6-10-22)17-25(31)29-15-13-27(33,14-16-29)21(2)30-19-28-24(18-26(30)32)23-11-7-4-8-12-23/h3-12,18-21,33H,13-17H2,1-2H3/t20-,21-/m1/s1. The Hall–Kier alpha value is -3.25. The van der Waals surface area contributed by atoms with Gasteiger partial charge in [0.25, 0.3) is 5.56 Å². The second-order valence-electron chi connectivity index (χ2n) is 9.06. The van der Waals surface area contributed by atoms with Crippen LogP contribution in [0.15, 0.2) is 77.9 Å². The number of aliphatic hydroxyl groups is 1. The van der Waals surface area contributed by atoms with Gasteiger partial charge in [0, 0.05) is 31.1 Å². The second kappa shape index (κ2) is 9.71. The summed E-state index contributed by atoms with van der Waals surface area (Å²) in [6, 6.07) is 20.7. The van der Waals surface area contributed by atoms with Crippen molar-refractivity contribution < 1.29 is 9.90 Å². The molecule has 33 heavy (non-hydrogen) atoms. The molecule has 1 fully saturated rings. The van der Waals surface area contributed by atoms with Crippen molar-refractivity contribution in [2.45, 2.75) is 50.7 Å². The maximum Gasteiger partial charge on any atom is 0.254 e. The van der Waals surface area contributed by atoms with Crippen molar-refractivity contribution in [3.05, 3.63) is 89.0 Å². The van der Waals surface area contributed by atoms with Gasteiger partial charge < -0.3 is 10.0 Å². The molecule has 0 aliphatic carbocycles. The Morgan fingerprint density at radius 2 is 1.64 bits per heavy atom. The summed E-state index contributed by atoms with van der Waals surface area (Å²) >= 11 is 0. The van der Waals surface area contributed by atoms with E-state index in [4.69, 9.17) is 0 Å². The molecule has 1 aliphatic rings. The van der Waals surface area contributed by atoms with Gasteiger partial charge in [0.15, 0.2) is 0 Å². The highest BCUT2D eigenvalue weighted by atomic mass is 16.3. The van der Waals surface area contributed by atoms with E-state index in [1.165, 1.54) is 17.0 Å². The van der Waals surface area contributed by atoms with Gasteiger partial charge >= 0.3 is 0 Å². The van der Waals surface area contributed by atoms with E-state index in [2.05, 4.69) is 11.9 Å². The third-order valence-electron chi connectivity index (χ3n) is 6.93. The molecular weight excluding hydrogens is 414 g/mol. The number of benzene rings is 2. The Kier molecular flexibility index (Phi) is 6.75. The molecule has 0 spiro atoms. The summed E-state index contributed by atoms with van der Waals surface area (Å²) in [6.45, 7) is 4.87. The number of amides is 1. The number of rotatable bonds is 6. The minimum Gasteiger partial charge on any atom is -0.388 e. The van der Waals surface area contributed by atoms with Crippen LogP contribution in [0.1, 0.15) is 50.6 Å². The lowest BCUT2D eigenvalue weighted by molar-refractivity contribution is -0.137. The topological polar surface area (TPSA) is 75.4 Å². The molecule has 1 amide bonds. The fourth-order valence-electron chi connectivity index (χ4n) is 4.58. The first-order valence-electron chi connectivity index (χ1n) is 11.6. The summed E-state index contributed by atoms with van der Waals surface area (Å²) in [4.78, 5) is 31.9. The summed E-state index contributed by atoms with van der Waals surface area (Å²) in [5.41, 5.74) is 1.38. The average Bonchev–Trinajstić information content (AvgIpc) is 2.85. The Morgan fingerprint density at radius 3 is 2.24 bits per heavy atom. The molecule has 1 N–H and O–H groups in total. The van der Waals surface area contributed by atoms with Crippen molar-refractivity contribution in [2.24, 2.45) is 0 Å². The van der Waals surface area contributed by atoms with Crippen molar-refractivity contribution >= 4 is 5.91 Å². The molecular formula is C27H31N3O3. The molecule has 0 saturated carbocycles. The number of hydrogen-bond donors (Lipinski definition) is 1. The van der Waals surface area contributed by atoms with Crippen molar-refractivity contribution in [1.29, 1.82) is 0 Å². The Morgan fingerprint density at radius 1 is 1.03 bits per heavy atom. The van der Waals surface area contributed by atoms with E-state index in [1.807, 2.05) is 72.5 Å². The van der Waals surface area contributed by atoms with Gasteiger partial charge in [-0.05, 0) is 31.2 Å². The molecule has 6 nitrogen and oxygen atoms in total. The molecule has 1 aliphatic heterocycles. The Bertz CT molecular complexity index is 1140. The first-order chi connectivity index (χ1) is 15.9. The monoisotopic (exact) mass is 445 g/mol. The van der Waals surface area contributed by atoms with Gasteiger partial charge in [-0.3, -0.25) is 14.2 Å². The van der Waals surface area contributed by atoms with E-state index in [0.717, 1.165) is 11.1 Å². The van der Waals surface area contributed by atoms with E-state index in [0.29, 0.717) is 38.0 Å². The van der Waals surface area contributed by atoms with Crippen LogP contribution in [0.3, 0.4) is 0 Å². The molecule has 1 saturated heterocycles. The largest absolute Gasteiger partial charge is 0.388 e. The molecule has 0 unspecified atom stereocenters. The zero-order chi connectivity index (χ0) is 23.4. The maximum absolute atomic E-state index is 12.8. The van der Waals surface area contributed by atoms with Crippen LogP contribution >= 0.6 is 0 Å². The lowest BCUT2D eigenvalue weighted by Crippen LogP contribution is -2.51. The maximum atomic E-state index is 12.8. The van der Waals surface area contributed by atoms with Crippen molar-refractivity contribution in [2.75, 3.05) is 13.1 Å². The van der Waals surface area contributed by atoms with Gasteiger partial charge in [0.1, 0.15) is 0 Å². The normalized spacial score (nSPS) is 17.4. The zero-order valence-electron chi connectivity index (χ0n) is 19.2. The molecule has 4 rings (SSSR count). The van der Waals surface area contributed by atoms with Gasteiger partial charge in [0.05, 0.1) is 23.7 Å². The number of carbonyl (C=O) groups excluding carboxylic acids is 1. The van der Waals surface area contributed by atoms with E-state index < -0.39 is 11.6 Å². The van der Waals surface area contributed by atoms with Gasteiger partial charge in [0.2, 0.25) is 5.91 Å². The lowest BCUT2D eigenvalue weighted by Gasteiger charge is -2.42. The van der Waals surface area contributed by atoms with Gasteiger partial charge in [-0.15, -0.1) is 0 Å². The third-order valence-corrected chi connectivity index (χ3v) is 6.93. The molecule has 2 atom stereocenters. The number of aromatic nitrogens is 2. The SMILES string of the molecule is C[C@H](CC(=O)N1CCC(O)([C@@H](C)n2cnc(-c3ccccc3)cc2=O)CC1)c1ccccc1. The Balaban J connectivity index is 1.40. The first kappa shape index (κ1) is 22.9. The van der Waals surface area contributed by atoms with E-state index in [1.54, 1.807) is 0 Å². The van der Waals surface area contributed by atoms with Gasteiger partial charge in [-0.1, -0.05) is 67.6 Å². The lowest BCUT2D eigenvalue weighted by atomic mass is 9.84. The van der Waals surface area contributed by atoms with Crippen LogP contribution in [0.2, 0.25) is 0 Å². The number of piperidine rings is 1. The van der Waals surface area contributed by atoms with Crippen LogP contribution in [-0.2, 0) is 4.79 Å². The quantitative estimate of drug-likeness (QED) is 0.622. The molecule has 3 aromatic rings. The van der Waals surface area contributed by atoms with Crippen molar-refractivity contribution in [3.8, 4) is 11.3 Å². The average molecular weight is 446 g/mol. The van der Waals surface area contributed by atoms with Crippen LogP contribution < -0.4 is 5.56 Å². The van der Waals surface area contributed by atoms with Crippen LogP contribution in [0.5, 0.6) is 0 Å². The number of likely N-dealkylation sites (tertiary alicyclic amines) is 1. The van der Waals surface area contributed by atoms with Crippen molar-refractivity contribution in [3.63, 3.8) is 0 Å². The van der Waals surface area contributed by atoms with Crippen LogP contribution in [0.25, 0.3) is 11.3 Å². The number of carbonyl (C=O) groups is 1. The fraction of sp³-hybridized carbons (Fsp3) is 0.370. The summed E-state index contributed by atoms with van der Waals surface area (Å²) in [7, 11) is 0. The summed E-state index contributed by atoms with van der Waals surface area (Å²) in [6.07, 6.45) is 2.81. The molecule has 2 heterocycles. The van der Waals surface area contributed by atoms with Gasteiger partial charge in [-0.2, -0.15) is 0 Å². The minimum absolute atomic E-state index is 0.104. The summed E-state index contributed by atoms with van der Waals surface area (Å²) in [5.74, 6) is 0.248. The van der Waals surface area contributed by atoms with Crippen molar-refractivity contribution in [1.82, 2.24) is 14.5 Å². The highest BCUT2D eigenvalue weighted by molar-refractivity contribution is 5.77. The molecule has 0 radical (unpaired) electrons. The van der Waals surface area contributed by atoms with Crippen LogP contribution in [0.4, 0.5) is 0 Å². The van der Waals surface area contributed by atoms with Crippen LogP contribution in [-0.4, -0.2) is 44.2 Å². The van der Waals surface area contributed by atoms with Crippen LogP contribution in [0, 0.1) is 0 Å². The van der Waals surface area contributed by atoms with E-state index in [9.17, 15) is 14.7 Å². The predicted molar refractivity (Wildman–Crippen MR) is 129 cm³/mol. The predicted octanol–water partition coefficient (Wildman–Crippen LogP) is 4.02. The highest BCUT2D eigenvalue weighted by Gasteiger charge is 2.40. The third kappa shape index (κ3) is 5.06. The first-order valence-corrected chi connectivity index (χ1v) is 11.6. The highest BCUT2D eigenvalue weighted by Crippen LogP contribution is 2.33. The molecule has 6 heteroatoms. The second-order valence-corrected chi connectivity index (χ2v) is 9.06. The Labute approximate surface area is 194 Å². The smallest absolute Gasteiger partial charge is 0.254 e. The van der Waals surface area contributed by atoms with Gasteiger partial charge in [-0.25, -0.2) is 4.98 Å². The number of nitrogens with zero attached hydrogens (tertiary/aromatic N) is 3. The van der Waals surface area contributed by atoms with E-state index >= 15 is 0 Å². The van der Waals surface area contributed by atoms with E-state index in [-0.39, 0.29) is 17.4 Å². The molecule has 2 aromatic carbocycles. The number of hydrogen-bond acceptors (Lipinski definition) is 4. The molecule has 0 bridgehead atoms.